The molecule has 0 aromatic rings. The second-order valence-corrected chi connectivity index (χ2v) is 3.42. The van der Waals surface area contributed by atoms with Crippen LogP contribution < -0.4 is 5.73 Å². The summed E-state index contributed by atoms with van der Waals surface area (Å²) in [6.45, 7) is 7.91. The second kappa shape index (κ2) is 7.15. The van der Waals surface area contributed by atoms with E-state index in [1.165, 1.54) is 24.8 Å². The van der Waals surface area contributed by atoms with Crippen LogP contribution >= 0.6 is 0 Å². The van der Waals surface area contributed by atoms with E-state index in [0.717, 1.165) is 12.8 Å². The van der Waals surface area contributed by atoms with Gasteiger partial charge in [-0.1, -0.05) is 26.3 Å². The van der Waals surface area contributed by atoms with Crippen LogP contribution in [0.3, 0.4) is 0 Å². The van der Waals surface area contributed by atoms with Gasteiger partial charge in [0.05, 0.1) is 0 Å². The van der Waals surface area contributed by atoms with Crippen LogP contribution in [0.5, 0.6) is 0 Å². The number of rotatable bonds is 6. The molecule has 1 atom stereocenters. The largest absolute Gasteiger partial charge is 0.328 e. The zero-order chi connectivity index (χ0) is 9.40. The second-order valence-electron chi connectivity index (χ2n) is 3.42. The van der Waals surface area contributed by atoms with Crippen LogP contribution in [0.2, 0.25) is 0 Å². The number of nitrogens with two attached hydrogens (primary N) is 1. The van der Waals surface area contributed by atoms with Crippen LogP contribution in [0.25, 0.3) is 0 Å². The fourth-order valence-corrected chi connectivity index (χ4v) is 1.24. The normalized spacial score (nSPS) is 12.2. The van der Waals surface area contributed by atoms with Gasteiger partial charge in [-0.25, -0.2) is 0 Å². The Kier molecular flexibility index (Phi) is 6.84. The van der Waals surface area contributed by atoms with Crippen molar-refractivity contribution in [1.82, 2.24) is 0 Å². The van der Waals surface area contributed by atoms with Gasteiger partial charge in [-0.3, -0.25) is 0 Å². The highest BCUT2D eigenvalue weighted by Gasteiger charge is 1.99. The maximum atomic E-state index is 5.68. The lowest BCUT2D eigenvalue weighted by Gasteiger charge is -2.06. The highest BCUT2D eigenvalue weighted by atomic mass is 14.6. The van der Waals surface area contributed by atoms with Crippen molar-refractivity contribution in [3.8, 4) is 0 Å². The van der Waals surface area contributed by atoms with Gasteiger partial charge in [-0.15, -0.1) is 5.73 Å². The Balaban J connectivity index is 3.63. The van der Waals surface area contributed by atoms with Crippen molar-refractivity contribution in [1.29, 1.82) is 0 Å². The Morgan fingerprint density at radius 3 is 2.58 bits per heavy atom. The van der Waals surface area contributed by atoms with E-state index in [0.29, 0.717) is 0 Å². The van der Waals surface area contributed by atoms with Crippen LogP contribution in [0, 0.1) is 0 Å². The third kappa shape index (κ3) is 6.21. The lowest BCUT2D eigenvalue weighted by Crippen LogP contribution is -2.15. The van der Waals surface area contributed by atoms with E-state index in [1.54, 1.807) is 0 Å². The summed E-state index contributed by atoms with van der Waals surface area (Å²) in [7, 11) is 0. The molecule has 0 fully saturated rings. The molecule has 70 valence electrons. The van der Waals surface area contributed by atoms with Gasteiger partial charge in [0.2, 0.25) is 0 Å². The van der Waals surface area contributed by atoms with E-state index in [2.05, 4.69) is 19.2 Å². The number of hydrogen-bond donors (Lipinski definition) is 1. The molecule has 0 rings (SSSR count). The maximum absolute atomic E-state index is 5.68. The van der Waals surface area contributed by atoms with Crippen LogP contribution in [0.1, 0.15) is 46.0 Å². The Morgan fingerprint density at radius 2 is 2.17 bits per heavy atom. The molecule has 0 aliphatic heterocycles. The van der Waals surface area contributed by atoms with Gasteiger partial charge in [0.15, 0.2) is 0 Å². The van der Waals surface area contributed by atoms with Gasteiger partial charge in [0, 0.05) is 6.04 Å². The van der Waals surface area contributed by atoms with Crippen molar-refractivity contribution in [3.63, 3.8) is 0 Å². The molecule has 12 heavy (non-hydrogen) atoms. The molecule has 0 aliphatic carbocycles. The minimum atomic E-state index is 0.246. The van der Waals surface area contributed by atoms with Gasteiger partial charge < -0.3 is 5.73 Å². The van der Waals surface area contributed by atoms with E-state index in [4.69, 9.17) is 5.73 Å². The molecular formula is C11H21N. The molecule has 0 aliphatic rings. The van der Waals surface area contributed by atoms with Crippen LogP contribution in [0.4, 0.5) is 0 Å². The van der Waals surface area contributed by atoms with Crippen molar-refractivity contribution in [2.24, 2.45) is 5.73 Å². The average molecular weight is 167 g/mol. The molecule has 0 amide bonds. The predicted octanol–water partition coefficient (Wildman–Crippen LogP) is 3.02. The van der Waals surface area contributed by atoms with Crippen LogP contribution in [-0.4, -0.2) is 6.04 Å². The molecule has 0 spiro atoms. The third-order valence-electron chi connectivity index (χ3n) is 1.90. The summed E-state index contributed by atoms with van der Waals surface area (Å²) >= 11 is 0. The summed E-state index contributed by atoms with van der Waals surface area (Å²) in [6, 6.07) is 0.246. The van der Waals surface area contributed by atoms with Crippen molar-refractivity contribution in [2.45, 2.75) is 52.0 Å². The first kappa shape index (κ1) is 11.5. The summed E-state index contributed by atoms with van der Waals surface area (Å²) < 4.78 is 0. The summed E-state index contributed by atoms with van der Waals surface area (Å²) in [5.41, 5.74) is 9.95. The first-order valence-corrected chi connectivity index (χ1v) is 4.84. The van der Waals surface area contributed by atoms with E-state index in [9.17, 15) is 0 Å². The molecule has 0 aromatic carbocycles. The lowest BCUT2D eigenvalue weighted by molar-refractivity contribution is 0.659. The molecule has 1 heteroatoms. The number of unbranched alkanes of at least 4 members (excludes halogenated alkanes) is 2. The Morgan fingerprint density at radius 1 is 1.50 bits per heavy atom. The monoisotopic (exact) mass is 167 g/mol. The van der Waals surface area contributed by atoms with E-state index < -0.39 is 0 Å². The minimum absolute atomic E-state index is 0.246. The van der Waals surface area contributed by atoms with Gasteiger partial charge in [0.1, 0.15) is 0 Å². The minimum Gasteiger partial charge on any atom is -0.328 e. The Hall–Kier alpha value is -0.520. The summed E-state index contributed by atoms with van der Waals surface area (Å²) in [5.74, 6) is 0. The summed E-state index contributed by atoms with van der Waals surface area (Å²) in [6.07, 6.45) is 5.89. The SMILES string of the molecule is C=C=C(CCCCC)CC(C)N. The van der Waals surface area contributed by atoms with Crippen LogP contribution in [-0.2, 0) is 0 Å². The van der Waals surface area contributed by atoms with Gasteiger partial charge >= 0.3 is 0 Å². The standard InChI is InChI=1S/C11H21N/c1-4-6-7-8-11(5-2)9-10(3)12/h10H,2,4,6-9,12H2,1,3H3. The first-order valence-electron chi connectivity index (χ1n) is 4.84. The molecular weight excluding hydrogens is 146 g/mol. The molecule has 0 heterocycles. The fourth-order valence-electron chi connectivity index (χ4n) is 1.24. The molecule has 0 saturated heterocycles. The van der Waals surface area contributed by atoms with E-state index in [1.807, 2.05) is 6.92 Å². The van der Waals surface area contributed by atoms with Crippen molar-refractivity contribution in [2.75, 3.05) is 0 Å². The third-order valence-corrected chi connectivity index (χ3v) is 1.90. The van der Waals surface area contributed by atoms with Crippen molar-refractivity contribution >= 4 is 0 Å². The topological polar surface area (TPSA) is 26.0 Å². The highest BCUT2D eigenvalue weighted by molar-refractivity contribution is 5.00. The van der Waals surface area contributed by atoms with Gasteiger partial charge in [-0.2, -0.15) is 0 Å². The van der Waals surface area contributed by atoms with Gasteiger partial charge in [-0.05, 0) is 31.8 Å². The highest BCUT2D eigenvalue weighted by Crippen LogP contribution is 2.12. The molecule has 0 aromatic heterocycles. The predicted molar refractivity (Wildman–Crippen MR) is 55.1 cm³/mol. The Bertz CT molecular complexity index is 152. The molecule has 2 N–H and O–H groups in total. The molecule has 0 radical (unpaired) electrons. The summed E-state index contributed by atoms with van der Waals surface area (Å²) in [4.78, 5) is 0. The van der Waals surface area contributed by atoms with Gasteiger partial charge in [0.25, 0.3) is 0 Å². The average Bonchev–Trinajstić information content (AvgIpc) is 2.02. The van der Waals surface area contributed by atoms with Crippen LogP contribution in [0.15, 0.2) is 17.9 Å². The summed E-state index contributed by atoms with van der Waals surface area (Å²) in [5, 5.41) is 0. The smallest absolute Gasteiger partial charge is 0.00537 e. The molecule has 0 saturated carbocycles. The lowest BCUT2D eigenvalue weighted by atomic mass is 10.0. The quantitative estimate of drug-likeness (QED) is 0.477. The van der Waals surface area contributed by atoms with Crippen molar-refractivity contribution < 1.29 is 0 Å². The zero-order valence-corrected chi connectivity index (χ0v) is 8.40. The maximum Gasteiger partial charge on any atom is 0.00537 e. The van der Waals surface area contributed by atoms with Crippen molar-refractivity contribution in [3.05, 3.63) is 17.9 Å². The van der Waals surface area contributed by atoms with E-state index >= 15 is 0 Å². The fraction of sp³-hybridized carbons (Fsp3) is 0.727. The first-order chi connectivity index (χ1) is 5.70. The van der Waals surface area contributed by atoms with E-state index in [-0.39, 0.29) is 6.04 Å². The zero-order valence-electron chi connectivity index (χ0n) is 8.40. The number of hydrogen-bond acceptors (Lipinski definition) is 1. The molecule has 1 unspecified atom stereocenters. The molecule has 0 bridgehead atoms. The molecule has 1 nitrogen and oxygen atoms in total. The Labute approximate surface area is 76.3 Å².